The second-order valence-electron chi connectivity index (χ2n) is 6.79. The summed E-state index contributed by atoms with van der Waals surface area (Å²) in [7, 11) is 0. The van der Waals surface area contributed by atoms with E-state index in [1.165, 1.54) is 12.8 Å². The number of hydrogen-bond donors (Lipinski definition) is 1. The van der Waals surface area contributed by atoms with E-state index in [4.69, 9.17) is 4.74 Å². The fourth-order valence-corrected chi connectivity index (χ4v) is 3.23. The lowest BCUT2D eigenvalue weighted by Crippen LogP contribution is -2.25. The summed E-state index contributed by atoms with van der Waals surface area (Å²) >= 11 is 0. The first-order valence-corrected chi connectivity index (χ1v) is 8.51. The molecule has 2 aromatic heterocycles. The molecule has 3 heterocycles. The molecule has 7 heteroatoms. The van der Waals surface area contributed by atoms with E-state index in [1.807, 2.05) is 10.9 Å². The van der Waals surface area contributed by atoms with Crippen molar-refractivity contribution in [2.75, 3.05) is 11.9 Å². The Morgan fingerprint density at radius 1 is 1.29 bits per heavy atom. The Kier molecular flexibility index (Phi) is 3.96. The zero-order valence-electron chi connectivity index (χ0n) is 14.0. The molecule has 0 bridgehead atoms. The molecule has 0 spiro atoms. The summed E-state index contributed by atoms with van der Waals surface area (Å²) in [5, 5.41) is 7.65. The van der Waals surface area contributed by atoms with Crippen molar-refractivity contribution in [2.45, 2.75) is 51.8 Å². The summed E-state index contributed by atoms with van der Waals surface area (Å²) < 4.78 is 22.1. The number of nitrogens with one attached hydrogen (secondary N) is 1. The highest BCUT2D eigenvalue weighted by molar-refractivity contribution is 5.40. The topological polar surface area (TPSA) is 64.9 Å². The van der Waals surface area contributed by atoms with Crippen LogP contribution >= 0.6 is 0 Å². The average molecular weight is 331 g/mol. The van der Waals surface area contributed by atoms with Gasteiger partial charge in [-0.05, 0) is 39.0 Å². The summed E-state index contributed by atoms with van der Waals surface area (Å²) in [6.07, 6.45) is 7.18. The van der Waals surface area contributed by atoms with Gasteiger partial charge in [-0.25, -0.2) is 14.4 Å². The number of halogens is 1. The Morgan fingerprint density at radius 2 is 2.12 bits per heavy atom. The molecule has 2 fully saturated rings. The predicted molar refractivity (Wildman–Crippen MR) is 87.1 cm³/mol. The van der Waals surface area contributed by atoms with E-state index in [0.29, 0.717) is 18.1 Å². The van der Waals surface area contributed by atoms with Crippen LogP contribution in [-0.4, -0.2) is 32.4 Å². The van der Waals surface area contributed by atoms with Gasteiger partial charge in [0.15, 0.2) is 11.6 Å². The lowest BCUT2D eigenvalue weighted by molar-refractivity contribution is 0.107. The third-order valence-electron chi connectivity index (χ3n) is 4.67. The fraction of sp³-hybridized carbons (Fsp3) is 0.588. The van der Waals surface area contributed by atoms with E-state index in [9.17, 15) is 4.39 Å². The summed E-state index contributed by atoms with van der Waals surface area (Å²) in [6.45, 7) is 5.03. The Morgan fingerprint density at radius 3 is 2.92 bits per heavy atom. The third-order valence-corrected chi connectivity index (χ3v) is 4.67. The third kappa shape index (κ3) is 3.13. The summed E-state index contributed by atoms with van der Waals surface area (Å²) in [4.78, 5) is 8.26. The van der Waals surface area contributed by atoms with Crippen molar-refractivity contribution in [3.8, 4) is 0 Å². The second-order valence-corrected chi connectivity index (χ2v) is 6.79. The van der Waals surface area contributed by atoms with Crippen LogP contribution in [0.1, 0.15) is 42.4 Å². The molecule has 1 aliphatic carbocycles. The lowest BCUT2D eigenvalue weighted by atomic mass is 10.1. The fourth-order valence-electron chi connectivity index (χ4n) is 3.23. The highest BCUT2D eigenvalue weighted by Crippen LogP contribution is 2.33. The van der Waals surface area contributed by atoms with Crippen LogP contribution < -0.4 is 5.32 Å². The molecule has 128 valence electrons. The molecular formula is C17H22FN5O. The Hall–Kier alpha value is -2.02. The molecule has 24 heavy (non-hydrogen) atoms. The van der Waals surface area contributed by atoms with Gasteiger partial charge in [0.25, 0.3) is 0 Å². The van der Waals surface area contributed by atoms with E-state index < -0.39 is 5.82 Å². The summed E-state index contributed by atoms with van der Waals surface area (Å²) in [5.74, 6) is 1.20. The van der Waals surface area contributed by atoms with Gasteiger partial charge >= 0.3 is 0 Å². The van der Waals surface area contributed by atoms with Crippen LogP contribution in [0.15, 0.2) is 12.4 Å². The molecule has 0 aromatic carbocycles. The molecule has 0 amide bonds. The smallest absolute Gasteiger partial charge is 0.186 e. The average Bonchev–Trinajstić information content (AvgIpc) is 3.04. The SMILES string of the molecule is Cc1nc(C)c(F)c(N[C@H]2CCO[C@@H]2c2cnn(CC3CC3)c2)n1. The minimum absolute atomic E-state index is 0.0215. The van der Waals surface area contributed by atoms with Crippen molar-refractivity contribution < 1.29 is 9.13 Å². The predicted octanol–water partition coefficient (Wildman–Crippen LogP) is 2.78. The van der Waals surface area contributed by atoms with Gasteiger partial charge in [0, 0.05) is 24.9 Å². The first-order valence-electron chi connectivity index (χ1n) is 8.51. The Labute approximate surface area is 140 Å². The molecule has 0 radical (unpaired) electrons. The number of nitrogens with zero attached hydrogens (tertiary/aromatic N) is 4. The molecule has 1 saturated heterocycles. The van der Waals surface area contributed by atoms with Gasteiger partial charge in [-0.3, -0.25) is 4.68 Å². The Bertz CT molecular complexity index is 743. The zero-order valence-corrected chi connectivity index (χ0v) is 14.0. The quantitative estimate of drug-likeness (QED) is 0.913. The monoisotopic (exact) mass is 331 g/mol. The van der Waals surface area contributed by atoms with Gasteiger partial charge < -0.3 is 10.1 Å². The van der Waals surface area contributed by atoms with E-state index in [1.54, 1.807) is 13.8 Å². The molecule has 0 unspecified atom stereocenters. The van der Waals surface area contributed by atoms with Gasteiger partial charge in [-0.15, -0.1) is 0 Å². The van der Waals surface area contributed by atoms with E-state index >= 15 is 0 Å². The van der Waals surface area contributed by atoms with Crippen LogP contribution in [0.25, 0.3) is 0 Å². The van der Waals surface area contributed by atoms with Crippen molar-refractivity contribution in [1.29, 1.82) is 0 Å². The Balaban J connectivity index is 1.51. The van der Waals surface area contributed by atoms with Crippen LogP contribution in [0.5, 0.6) is 0 Å². The number of hydrogen-bond acceptors (Lipinski definition) is 5. The molecular weight excluding hydrogens is 309 g/mol. The van der Waals surface area contributed by atoms with Gasteiger partial charge in [0.05, 0.1) is 17.9 Å². The van der Waals surface area contributed by atoms with Crippen LogP contribution in [0.3, 0.4) is 0 Å². The van der Waals surface area contributed by atoms with Crippen molar-refractivity contribution in [3.05, 3.63) is 35.3 Å². The van der Waals surface area contributed by atoms with Gasteiger partial charge in [-0.1, -0.05) is 0 Å². The maximum Gasteiger partial charge on any atom is 0.186 e. The lowest BCUT2D eigenvalue weighted by Gasteiger charge is -2.20. The van der Waals surface area contributed by atoms with Crippen molar-refractivity contribution in [1.82, 2.24) is 19.7 Å². The number of anilines is 1. The molecule has 2 aromatic rings. The maximum atomic E-state index is 14.3. The molecule has 2 aliphatic rings. The largest absolute Gasteiger partial charge is 0.371 e. The van der Waals surface area contributed by atoms with E-state index in [0.717, 1.165) is 24.4 Å². The minimum atomic E-state index is -0.393. The molecule has 1 saturated carbocycles. The van der Waals surface area contributed by atoms with Crippen molar-refractivity contribution in [2.24, 2.45) is 5.92 Å². The normalized spacial score (nSPS) is 23.6. The van der Waals surface area contributed by atoms with Crippen LogP contribution in [0.2, 0.25) is 0 Å². The molecule has 1 N–H and O–H groups in total. The number of aromatic nitrogens is 4. The standard InChI is InChI=1S/C17H22FN5O/c1-10-15(18)17(21-11(2)20-10)22-14-5-6-24-16(14)13-7-19-23(9-13)8-12-3-4-12/h7,9,12,14,16H,3-6,8H2,1-2H3,(H,20,21,22)/t14-,16+/m0/s1. The first kappa shape index (κ1) is 15.5. The minimum Gasteiger partial charge on any atom is -0.371 e. The van der Waals surface area contributed by atoms with Crippen LogP contribution in [0.4, 0.5) is 10.2 Å². The highest BCUT2D eigenvalue weighted by Gasteiger charge is 2.32. The van der Waals surface area contributed by atoms with Crippen molar-refractivity contribution >= 4 is 5.82 Å². The molecule has 6 nitrogen and oxygen atoms in total. The molecule has 2 atom stereocenters. The van der Waals surface area contributed by atoms with Gasteiger partial charge in [-0.2, -0.15) is 5.10 Å². The van der Waals surface area contributed by atoms with Crippen LogP contribution in [0, 0.1) is 25.6 Å². The summed E-state index contributed by atoms with van der Waals surface area (Å²) in [5.41, 5.74) is 1.39. The van der Waals surface area contributed by atoms with Crippen LogP contribution in [-0.2, 0) is 11.3 Å². The van der Waals surface area contributed by atoms with Gasteiger partial charge in [0.1, 0.15) is 11.9 Å². The number of aryl methyl sites for hydroxylation is 2. The molecule has 1 aliphatic heterocycles. The van der Waals surface area contributed by atoms with E-state index in [-0.39, 0.29) is 18.0 Å². The zero-order chi connectivity index (χ0) is 16.7. The summed E-state index contributed by atoms with van der Waals surface area (Å²) in [6, 6.07) is -0.0215. The maximum absolute atomic E-state index is 14.3. The highest BCUT2D eigenvalue weighted by atomic mass is 19.1. The van der Waals surface area contributed by atoms with Gasteiger partial charge in [0.2, 0.25) is 0 Å². The molecule has 4 rings (SSSR count). The number of ether oxygens (including phenoxy) is 1. The first-order chi connectivity index (χ1) is 11.6. The second kappa shape index (κ2) is 6.12. The number of rotatable bonds is 5. The van der Waals surface area contributed by atoms with Crippen molar-refractivity contribution in [3.63, 3.8) is 0 Å². The van der Waals surface area contributed by atoms with E-state index in [2.05, 4.69) is 26.6 Å².